The van der Waals surface area contributed by atoms with Crippen LogP contribution in [0.5, 0.6) is 0 Å². The van der Waals surface area contributed by atoms with Crippen LogP contribution in [0.1, 0.15) is 12.2 Å². The Labute approximate surface area is 99.8 Å². The molecule has 1 rings (SSSR count). The summed E-state index contributed by atoms with van der Waals surface area (Å²) in [6.07, 6.45) is 4.22. The van der Waals surface area contributed by atoms with Gasteiger partial charge >= 0.3 is 0 Å². The van der Waals surface area contributed by atoms with E-state index in [0.29, 0.717) is 32.2 Å². The van der Waals surface area contributed by atoms with E-state index in [2.05, 4.69) is 10.1 Å². The summed E-state index contributed by atoms with van der Waals surface area (Å²) in [5.41, 5.74) is 5.48. The minimum Gasteiger partial charge on any atom is -0.409 e. The van der Waals surface area contributed by atoms with Crippen LogP contribution in [0.4, 0.5) is 0 Å². The molecule has 1 heterocycles. The quantitative estimate of drug-likeness (QED) is 0.220. The van der Waals surface area contributed by atoms with Gasteiger partial charge in [-0.25, -0.2) is 4.98 Å². The maximum absolute atomic E-state index is 8.57. The Hall–Kier alpha value is -1.60. The van der Waals surface area contributed by atoms with E-state index in [1.54, 1.807) is 19.5 Å². The normalized spacial score (nSPS) is 11.9. The second-order valence-corrected chi connectivity index (χ2v) is 3.39. The molecule has 0 saturated carbocycles. The van der Waals surface area contributed by atoms with Crippen molar-refractivity contribution in [3.05, 3.63) is 18.2 Å². The van der Waals surface area contributed by atoms with Crippen LogP contribution in [-0.4, -0.2) is 47.5 Å². The van der Waals surface area contributed by atoms with E-state index >= 15 is 0 Å². The predicted octanol–water partition coefficient (Wildman–Crippen LogP) is 0.0307. The van der Waals surface area contributed by atoms with Gasteiger partial charge in [-0.05, 0) is 6.42 Å². The Kier molecular flexibility index (Phi) is 6.05. The minimum absolute atomic E-state index is 0.00954. The first-order valence-electron chi connectivity index (χ1n) is 5.35. The molecule has 0 aliphatic carbocycles. The summed E-state index contributed by atoms with van der Waals surface area (Å²) < 4.78 is 12.0. The van der Waals surface area contributed by atoms with E-state index in [1.165, 1.54) is 0 Å². The lowest BCUT2D eigenvalue weighted by molar-refractivity contribution is 0.0680. The fourth-order valence-electron chi connectivity index (χ4n) is 1.35. The van der Waals surface area contributed by atoms with Crippen LogP contribution in [-0.2, 0) is 16.0 Å². The summed E-state index contributed by atoms with van der Waals surface area (Å²) in [6, 6.07) is 0. The molecule has 0 spiro atoms. The van der Waals surface area contributed by atoms with Crippen LogP contribution in [0.2, 0.25) is 0 Å². The third-order valence-electron chi connectivity index (χ3n) is 2.17. The van der Waals surface area contributed by atoms with Crippen LogP contribution in [0, 0.1) is 0 Å². The second-order valence-electron chi connectivity index (χ2n) is 3.39. The van der Waals surface area contributed by atoms with Crippen molar-refractivity contribution in [2.75, 3.05) is 26.9 Å². The predicted molar refractivity (Wildman–Crippen MR) is 62.0 cm³/mol. The number of nitrogens with two attached hydrogens (primary N) is 1. The summed E-state index contributed by atoms with van der Waals surface area (Å²) in [5.74, 6) is 0.472. The van der Waals surface area contributed by atoms with Gasteiger partial charge in [0.05, 0.1) is 13.2 Å². The van der Waals surface area contributed by atoms with Gasteiger partial charge in [-0.3, -0.25) is 0 Å². The molecule has 7 heteroatoms. The molecular formula is C10H18N4O3. The van der Waals surface area contributed by atoms with E-state index < -0.39 is 0 Å². The Morgan fingerprint density at radius 3 is 3.06 bits per heavy atom. The molecule has 96 valence electrons. The molecule has 0 amide bonds. The maximum Gasteiger partial charge on any atom is 0.206 e. The molecule has 1 aromatic rings. The standard InChI is InChI=1S/C10H18N4O3/c1-16-7-8-17-6-2-4-14-5-3-12-10(14)9(11)13-15/h3,5,15H,2,4,6-8H2,1H3,(H2,11,13). The first-order chi connectivity index (χ1) is 8.29. The number of nitrogens with zero attached hydrogens (tertiary/aromatic N) is 3. The zero-order chi connectivity index (χ0) is 12.5. The third-order valence-corrected chi connectivity index (χ3v) is 2.17. The van der Waals surface area contributed by atoms with Gasteiger partial charge in [0.2, 0.25) is 5.84 Å². The van der Waals surface area contributed by atoms with Gasteiger partial charge in [-0.1, -0.05) is 5.16 Å². The number of aryl methyl sites for hydroxylation is 1. The highest BCUT2D eigenvalue weighted by Gasteiger charge is 2.06. The summed E-state index contributed by atoms with van der Waals surface area (Å²) in [5, 5.41) is 11.5. The lowest BCUT2D eigenvalue weighted by Crippen LogP contribution is -2.20. The van der Waals surface area contributed by atoms with Crippen LogP contribution in [0.3, 0.4) is 0 Å². The van der Waals surface area contributed by atoms with Crippen molar-refractivity contribution in [2.45, 2.75) is 13.0 Å². The third kappa shape index (κ3) is 4.41. The molecule has 0 fully saturated rings. The molecule has 17 heavy (non-hydrogen) atoms. The van der Waals surface area contributed by atoms with Gasteiger partial charge in [0.15, 0.2) is 5.82 Å². The SMILES string of the molecule is COCCOCCCn1ccnc1/C(N)=N/O. The zero-order valence-electron chi connectivity index (χ0n) is 9.87. The van der Waals surface area contributed by atoms with E-state index in [4.69, 9.17) is 20.4 Å². The van der Waals surface area contributed by atoms with Crippen molar-refractivity contribution in [1.29, 1.82) is 0 Å². The number of aromatic nitrogens is 2. The molecule has 3 N–H and O–H groups in total. The monoisotopic (exact) mass is 242 g/mol. The van der Waals surface area contributed by atoms with Gasteiger partial charge < -0.3 is 25.0 Å². The molecule has 0 aliphatic heterocycles. The Balaban J connectivity index is 2.30. The number of oxime groups is 1. The molecule has 0 radical (unpaired) electrons. The Bertz CT molecular complexity index is 351. The van der Waals surface area contributed by atoms with E-state index in [1.807, 2.05) is 4.57 Å². The van der Waals surface area contributed by atoms with Crippen LogP contribution >= 0.6 is 0 Å². The number of rotatable bonds is 8. The number of hydrogen-bond acceptors (Lipinski definition) is 5. The van der Waals surface area contributed by atoms with E-state index in [0.717, 1.165) is 6.42 Å². The van der Waals surface area contributed by atoms with Crippen molar-refractivity contribution in [3.8, 4) is 0 Å². The lowest BCUT2D eigenvalue weighted by Gasteiger charge is -2.07. The summed E-state index contributed by atoms with van der Waals surface area (Å²) in [7, 11) is 1.64. The topological polar surface area (TPSA) is 94.9 Å². The van der Waals surface area contributed by atoms with Crippen LogP contribution in [0.15, 0.2) is 17.5 Å². The lowest BCUT2D eigenvalue weighted by atomic mass is 10.4. The van der Waals surface area contributed by atoms with Crippen molar-refractivity contribution < 1.29 is 14.7 Å². The molecule has 0 unspecified atom stereocenters. The maximum atomic E-state index is 8.57. The average molecular weight is 242 g/mol. The van der Waals surface area contributed by atoms with E-state index in [9.17, 15) is 0 Å². The minimum atomic E-state index is 0.00954. The number of hydrogen-bond donors (Lipinski definition) is 2. The number of methoxy groups -OCH3 is 1. The van der Waals surface area contributed by atoms with Gasteiger partial charge in [0.25, 0.3) is 0 Å². The number of imidazole rings is 1. The van der Waals surface area contributed by atoms with Crippen LogP contribution in [0.25, 0.3) is 0 Å². The van der Waals surface area contributed by atoms with Gasteiger partial charge in [0, 0.05) is 32.7 Å². The van der Waals surface area contributed by atoms with Gasteiger partial charge in [0.1, 0.15) is 0 Å². The number of ether oxygens (including phenoxy) is 2. The summed E-state index contributed by atoms with van der Waals surface area (Å²) in [6.45, 7) is 2.53. The molecule has 0 atom stereocenters. The van der Waals surface area contributed by atoms with Crippen molar-refractivity contribution >= 4 is 5.84 Å². The van der Waals surface area contributed by atoms with Crippen LogP contribution < -0.4 is 5.73 Å². The fourth-order valence-corrected chi connectivity index (χ4v) is 1.35. The highest BCUT2D eigenvalue weighted by atomic mass is 16.5. The Morgan fingerprint density at radius 1 is 1.53 bits per heavy atom. The van der Waals surface area contributed by atoms with Gasteiger partial charge in [-0.2, -0.15) is 0 Å². The molecule has 7 nitrogen and oxygen atoms in total. The fraction of sp³-hybridized carbons (Fsp3) is 0.600. The smallest absolute Gasteiger partial charge is 0.206 e. The first-order valence-corrected chi connectivity index (χ1v) is 5.35. The first kappa shape index (κ1) is 13.5. The number of amidine groups is 1. The highest BCUT2D eigenvalue weighted by Crippen LogP contribution is 1.99. The second kappa shape index (κ2) is 7.64. The highest BCUT2D eigenvalue weighted by molar-refractivity contribution is 5.93. The zero-order valence-corrected chi connectivity index (χ0v) is 9.87. The molecule has 0 bridgehead atoms. The largest absolute Gasteiger partial charge is 0.409 e. The van der Waals surface area contributed by atoms with Gasteiger partial charge in [-0.15, -0.1) is 0 Å². The molecule has 0 aliphatic rings. The molecule has 0 saturated heterocycles. The summed E-state index contributed by atoms with van der Waals surface area (Å²) in [4.78, 5) is 4.00. The van der Waals surface area contributed by atoms with Crippen molar-refractivity contribution in [3.63, 3.8) is 0 Å². The summed E-state index contributed by atoms with van der Waals surface area (Å²) >= 11 is 0. The molecule has 0 aromatic carbocycles. The van der Waals surface area contributed by atoms with E-state index in [-0.39, 0.29) is 5.84 Å². The van der Waals surface area contributed by atoms with Crippen molar-refractivity contribution in [2.24, 2.45) is 10.9 Å². The molecular weight excluding hydrogens is 224 g/mol. The molecule has 1 aromatic heterocycles. The average Bonchev–Trinajstić information content (AvgIpc) is 2.81. The van der Waals surface area contributed by atoms with Crippen molar-refractivity contribution in [1.82, 2.24) is 9.55 Å². The Morgan fingerprint density at radius 2 is 2.35 bits per heavy atom.